The molecule has 1 aromatic carbocycles. The first-order valence-corrected chi connectivity index (χ1v) is 10.9. The number of fused-ring (bicyclic) bond motifs is 1. The third-order valence-electron chi connectivity index (χ3n) is 5.55. The molecule has 0 atom stereocenters. The van der Waals surface area contributed by atoms with Crippen LogP contribution in [0.4, 0.5) is 5.82 Å². The largest absolute Gasteiger partial charge is 0.353 e. The van der Waals surface area contributed by atoms with E-state index in [1.54, 1.807) is 0 Å². The first-order valence-electron chi connectivity index (χ1n) is 9.99. The number of carbonyl (C=O) groups excluding carboxylic acids is 2. The van der Waals surface area contributed by atoms with Crippen molar-refractivity contribution >= 4 is 39.7 Å². The second-order valence-electron chi connectivity index (χ2n) is 7.54. The molecule has 0 aliphatic carbocycles. The SMILES string of the molecule is Cc1cc(N2CCN(C(=O)CCC(=O)c3cccs3)CC2)nc2c(C)cccc12. The average Bonchev–Trinajstić information content (AvgIpc) is 3.27. The monoisotopic (exact) mass is 407 g/mol. The Morgan fingerprint density at radius 3 is 2.52 bits per heavy atom. The minimum atomic E-state index is 0.0539. The van der Waals surface area contributed by atoms with E-state index in [1.165, 1.54) is 27.8 Å². The highest BCUT2D eigenvalue weighted by Crippen LogP contribution is 2.25. The van der Waals surface area contributed by atoms with E-state index in [9.17, 15) is 9.59 Å². The summed E-state index contributed by atoms with van der Waals surface area (Å²) in [4.78, 5) is 34.4. The van der Waals surface area contributed by atoms with Gasteiger partial charge in [0, 0.05) is 44.4 Å². The highest BCUT2D eigenvalue weighted by molar-refractivity contribution is 7.12. The lowest BCUT2D eigenvalue weighted by Gasteiger charge is -2.35. The molecule has 1 fully saturated rings. The molecule has 5 nitrogen and oxygen atoms in total. The number of anilines is 1. The first kappa shape index (κ1) is 19.6. The standard InChI is InChI=1S/C23H25N3O2S/c1-16-5-3-6-18-17(2)15-21(24-23(16)18)25-10-12-26(13-11-25)22(28)9-8-19(27)20-7-4-14-29-20/h3-7,14-15H,8-13H2,1-2H3. The molecule has 0 bridgehead atoms. The molecule has 3 aromatic rings. The Bertz CT molecular complexity index is 1040. The summed E-state index contributed by atoms with van der Waals surface area (Å²) in [5.41, 5.74) is 3.45. The Kier molecular flexibility index (Phi) is 5.62. The number of benzene rings is 1. The Labute approximate surface area is 175 Å². The van der Waals surface area contributed by atoms with E-state index in [-0.39, 0.29) is 24.5 Å². The van der Waals surface area contributed by atoms with E-state index in [1.807, 2.05) is 22.4 Å². The molecule has 0 saturated carbocycles. The summed E-state index contributed by atoms with van der Waals surface area (Å²) in [6.07, 6.45) is 0.563. The predicted molar refractivity (Wildman–Crippen MR) is 118 cm³/mol. The molecule has 1 aliphatic rings. The fourth-order valence-electron chi connectivity index (χ4n) is 3.83. The zero-order valence-electron chi connectivity index (χ0n) is 16.9. The molecular formula is C23H25N3O2S. The highest BCUT2D eigenvalue weighted by atomic mass is 32.1. The molecule has 6 heteroatoms. The van der Waals surface area contributed by atoms with Gasteiger partial charge in [0.05, 0.1) is 10.4 Å². The van der Waals surface area contributed by atoms with Crippen molar-refractivity contribution in [1.29, 1.82) is 0 Å². The maximum absolute atomic E-state index is 12.5. The van der Waals surface area contributed by atoms with Crippen LogP contribution in [-0.4, -0.2) is 47.8 Å². The van der Waals surface area contributed by atoms with Gasteiger partial charge in [-0.25, -0.2) is 4.98 Å². The Morgan fingerprint density at radius 2 is 1.79 bits per heavy atom. The minimum Gasteiger partial charge on any atom is -0.353 e. The normalized spacial score (nSPS) is 14.4. The number of piperazine rings is 1. The zero-order valence-corrected chi connectivity index (χ0v) is 17.7. The van der Waals surface area contributed by atoms with E-state index in [0.717, 1.165) is 29.3 Å². The molecule has 1 amide bonds. The fourth-order valence-corrected chi connectivity index (χ4v) is 4.52. The van der Waals surface area contributed by atoms with E-state index in [0.29, 0.717) is 13.1 Å². The number of carbonyl (C=O) groups is 2. The second-order valence-corrected chi connectivity index (χ2v) is 8.48. The van der Waals surface area contributed by atoms with Crippen LogP contribution in [0.2, 0.25) is 0 Å². The van der Waals surface area contributed by atoms with Crippen molar-refractivity contribution in [2.45, 2.75) is 26.7 Å². The van der Waals surface area contributed by atoms with Gasteiger partial charge in [-0.2, -0.15) is 0 Å². The minimum absolute atomic E-state index is 0.0539. The zero-order chi connectivity index (χ0) is 20.4. The Hall–Kier alpha value is -2.73. The molecule has 2 aromatic heterocycles. The molecule has 1 saturated heterocycles. The molecule has 0 unspecified atom stereocenters. The number of aryl methyl sites for hydroxylation is 2. The van der Waals surface area contributed by atoms with Crippen molar-refractivity contribution in [2.24, 2.45) is 0 Å². The number of hydrogen-bond acceptors (Lipinski definition) is 5. The van der Waals surface area contributed by atoms with Gasteiger partial charge in [0.2, 0.25) is 5.91 Å². The van der Waals surface area contributed by atoms with Gasteiger partial charge in [-0.15, -0.1) is 11.3 Å². The molecule has 3 heterocycles. The summed E-state index contributed by atoms with van der Waals surface area (Å²) in [5.74, 6) is 1.09. The Balaban J connectivity index is 1.37. The number of pyridine rings is 1. The number of aromatic nitrogens is 1. The Morgan fingerprint density at radius 1 is 1.00 bits per heavy atom. The molecule has 0 radical (unpaired) electrons. The van der Waals surface area contributed by atoms with Crippen LogP contribution >= 0.6 is 11.3 Å². The maximum Gasteiger partial charge on any atom is 0.223 e. The van der Waals surface area contributed by atoms with Gasteiger partial charge in [-0.1, -0.05) is 24.3 Å². The second kappa shape index (κ2) is 8.33. The maximum atomic E-state index is 12.5. The number of hydrogen-bond donors (Lipinski definition) is 0. The summed E-state index contributed by atoms with van der Waals surface area (Å²) >= 11 is 1.43. The number of Topliss-reactive ketones (excluding diaryl/α,β-unsaturated/α-hetero) is 1. The molecule has 0 N–H and O–H groups in total. The summed E-state index contributed by atoms with van der Waals surface area (Å²) < 4.78 is 0. The van der Waals surface area contributed by atoms with E-state index >= 15 is 0 Å². The van der Waals surface area contributed by atoms with Gasteiger partial charge in [0.1, 0.15) is 5.82 Å². The topological polar surface area (TPSA) is 53.5 Å². The summed E-state index contributed by atoms with van der Waals surface area (Å²) in [5, 5.41) is 3.08. The van der Waals surface area contributed by atoms with Crippen molar-refractivity contribution in [3.8, 4) is 0 Å². The van der Waals surface area contributed by atoms with Crippen molar-refractivity contribution < 1.29 is 9.59 Å². The van der Waals surface area contributed by atoms with Gasteiger partial charge < -0.3 is 9.80 Å². The van der Waals surface area contributed by atoms with Crippen LogP contribution < -0.4 is 4.90 Å². The van der Waals surface area contributed by atoms with Crippen LogP contribution in [0.15, 0.2) is 41.8 Å². The number of rotatable bonds is 5. The van der Waals surface area contributed by atoms with E-state index in [4.69, 9.17) is 4.98 Å². The van der Waals surface area contributed by atoms with Gasteiger partial charge in [-0.05, 0) is 42.5 Å². The van der Waals surface area contributed by atoms with Crippen molar-refractivity contribution in [1.82, 2.24) is 9.88 Å². The number of amides is 1. The van der Waals surface area contributed by atoms with Crippen molar-refractivity contribution in [3.63, 3.8) is 0 Å². The van der Waals surface area contributed by atoms with Crippen molar-refractivity contribution in [2.75, 3.05) is 31.1 Å². The third-order valence-corrected chi connectivity index (χ3v) is 6.46. The lowest BCUT2D eigenvalue weighted by Crippen LogP contribution is -2.49. The molecule has 4 rings (SSSR count). The van der Waals surface area contributed by atoms with Crippen LogP contribution in [-0.2, 0) is 4.79 Å². The molecule has 150 valence electrons. The summed E-state index contributed by atoms with van der Waals surface area (Å²) in [6.45, 7) is 7.06. The number of thiophene rings is 1. The summed E-state index contributed by atoms with van der Waals surface area (Å²) in [6, 6.07) is 12.1. The van der Waals surface area contributed by atoms with Crippen LogP contribution in [0.1, 0.15) is 33.6 Å². The first-order chi connectivity index (χ1) is 14.0. The van der Waals surface area contributed by atoms with Crippen LogP contribution in [0, 0.1) is 13.8 Å². The number of ketones is 1. The number of nitrogens with zero attached hydrogens (tertiary/aromatic N) is 3. The van der Waals surface area contributed by atoms with Crippen LogP contribution in [0.5, 0.6) is 0 Å². The van der Waals surface area contributed by atoms with Gasteiger partial charge >= 0.3 is 0 Å². The lowest BCUT2D eigenvalue weighted by atomic mass is 10.1. The quantitative estimate of drug-likeness (QED) is 0.594. The highest BCUT2D eigenvalue weighted by Gasteiger charge is 2.23. The van der Waals surface area contributed by atoms with Crippen molar-refractivity contribution in [3.05, 3.63) is 57.8 Å². The van der Waals surface area contributed by atoms with E-state index in [2.05, 4.69) is 43.0 Å². The molecular weight excluding hydrogens is 382 g/mol. The molecule has 29 heavy (non-hydrogen) atoms. The summed E-state index contributed by atoms with van der Waals surface area (Å²) in [7, 11) is 0. The van der Waals surface area contributed by atoms with Gasteiger partial charge in [0.15, 0.2) is 5.78 Å². The fraction of sp³-hybridized carbons (Fsp3) is 0.348. The van der Waals surface area contributed by atoms with E-state index < -0.39 is 0 Å². The third kappa shape index (κ3) is 4.17. The molecule has 0 spiro atoms. The smallest absolute Gasteiger partial charge is 0.223 e. The lowest BCUT2D eigenvalue weighted by molar-refractivity contribution is -0.131. The molecule has 1 aliphatic heterocycles. The average molecular weight is 408 g/mol. The van der Waals surface area contributed by atoms with Gasteiger partial charge in [0.25, 0.3) is 0 Å². The predicted octanol–water partition coefficient (Wildman–Crippen LogP) is 4.22. The number of para-hydroxylation sites is 1. The van der Waals surface area contributed by atoms with Gasteiger partial charge in [-0.3, -0.25) is 9.59 Å². The van der Waals surface area contributed by atoms with Crippen LogP contribution in [0.3, 0.4) is 0 Å². The van der Waals surface area contributed by atoms with Crippen LogP contribution in [0.25, 0.3) is 10.9 Å².